The third-order valence-electron chi connectivity index (χ3n) is 5.50. The molecule has 0 radical (unpaired) electrons. The minimum absolute atomic E-state index is 0.0766. The van der Waals surface area contributed by atoms with Crippen LogP contribution in [-0.2, 0) is 20.7 Å². The number of nitrogens with one attached hydrogen (secondary N) is 3. The third-order valence-corrected chi connectivity index (χ3v) is 5.50. The van der Waals surface area contributed by atoms with E-state index in [0.717, 1.165) is 19.3 Å². The Balaban J connectivity index is 2.36. The second kappa shape index (κ2) is 14.6. The van der Waals surface area contributed by atoms with Crippen molar-refractivity contribution in [2.45, 2.75) is 65.0 Å². The molecule has 0 aliphatic rings. The maximum atomic E-state index is 13.0. The van der Waals surface area contributed by atoms with E-state index in [1.54, 1.807) is 57.2 Å². The van der Waals surface area contributed by atoms with Crippen molar-refractivity contribution >= 4 is 41.3 Å². The summed E-state index contributed by atoms with van der Waals surface area (Å²) in [5.41, 5.74) is 6.74. The average Bonchev–Trinajstić information content (AvgIpc) is 2.85. The molecule has 6 N–H and O–H groups in total. The van der Waals surface area contributed by atoms with Gasteiger partial charge in [-0.25, -0.2) is 9.59 Å². The molecule has 10 nitrogen and oxygen atoms in total. The van der Waals surface area contributed by atoms with Crippen LogP contribution < -0.4 is 21.7 Å². The highest BCUT2D eigenvalue weighted by atomic mass is 16.6. The van der Waals surface area contributed by atoms with Gasteiger partial charge < -0.3 is 31.5 Å². The zero-order valence-electron chi connectivity index (χ0n) is 22.9. The second-order valence-corrected chi connectivity index (χ2v) is 10.0. The van der Waals surface area contributed by atoms with E-state index in [1.807, 2.05) is 0 Å². The first-order valence-corrected chi connectivity index (χ1v) is 12.9. The molecular formula is C29H38N4O6. The van der Waals surface area contributed by atoms with Crippen molar-refractivity contribution in [2.75, 3.05) is 11.9 Å². The number of aromatic carboxylic acids is 1. The maximum Gasteiger partial charge on any atom is 0.408 e. The van der Waals surface area contributed by atoms with Crippen molar-refractivity contribution in [1.29, 1.82) is 0 Å². The number of carbonyl (C=O) groups excluding carboxylic acids is 3. The summed E-state index contributed by atoms with van der Waals surface area (Å²) >= 11 is 0. The predicted octanol–water partition coefficient (Wildman–Crippen LogP) is 4.37. The highest BCUT2D eigenvalue weighted by Crippen LogP contribution is 2.26. The van der Waals surface area contributed by atoms with Crippen LogP contribution in [0.4, 0.5) is 16.2 Å². The molecule has 0 fully saturated rings. The first-order chi connectivity index (χ1) is 18.4. The van der Waals surface area contributed by atoms with E-state index in [2.05, 4.69) is 22.9 Å². The molecule has 0 saturated carbocycles. The van der Waals surface area contributed by atoms with Crippen molar-refractivity contribution in [3.8, 4) is 0 Å². The number of alkyl carbamates (subject to hydrolysis) is 1. The molecule has 1 atom stereocenters. The lowest BCUT2D eigenvalue weighted by Crippen LogP contribution is -2.49. The fourth-order valence-corrected chi connectivity index (χ4v) is 3.69. The summed E-state index contributed by atoms with van der Waals surface area (Å²) < 4.78 is 5.35. The number of ether oxygens (including phenoxy) is 1. The van der Waals surface area contributed by atoms with E-state index in [-0.39, 0.29) is 17.9 Å². The highest BCUT2D eigenvalue weighted by Gasteiger charge is 2.25. The second-order valence-electron chi connectivity index (χ2n) is 10.0. The van der Waals surface area contributed by atoms with Gasteiger partial charge in [0.05, 0.1) is 11.3 Å². The number of anilines is 2. The van der Waals surface area contributed by atoms with Crippen LogP contribution in [0.1, 0.15) is 68.4 Å². The summed E-state index contributed by atoms with van der Waals surface area (Å²) in [5, 5.41) is 18.1. The molecule has 39 heavy (non-hydrogen) atoms. The van der Waals surface area contributed by atoms with Crippen LogP contribution in [0.25, 0.3) is 6.08 Å². The summed E-state index contributed by atoms with van der Waals surface area (Å²) in [5.74, 6) is -2.10. The standard InChI is InChI=1S/C29H38N4O6/c1-5-6-9-16-31-26(35)24(33-28(38)39-29(2,3)4)18-19-12-14-22(20(17-19)13-15-25(30)34)32-23-11-8-7-10-21(23)27(36)37/h7-8,10-15,17,24,32H,5-6,9,16,18H2,1-4H3,(H2,30,34)(H,31,35)(H,33,38)(H,36,37). The molecule has 210 valence electrons. The van der Waals surface area contributed by atoms with E-state index >= 15 is 0 Å². The number of nitrogens with two attached hydrogens (primary N) is 1. The van der Waals surface area contributed by atoms with Crippen LogP contribution in [0.5, 0.6) is 0 Å². The van der Waals surface area contributed by atoms with Gasteiger partial charge in [-0.2, -0.15) is 0 Å². The van der Waals surface area contributed by atoms with Gasteiger partial charge >= 0.3 is 12.1 Å². The molecular weight excluding hydrogens is 500 g/mol. The van der Waals surface area contributed by atoms with Crippen molar-refractivity contribution < 1.29 is 29.0 Å². The Kier molecular flexibility index (Phi) is 11.5. The molecule has 0 saturated heterocycles. The number of unbranched alkanes of at least 4 members (excludes halogenated alkanes) is 2. The molecule has 2 aromatic carbocycles. The first-order valence-electron chi connectivity index (χ1n) is 12.9. The number of carboxylic acids is 1. The van der Waals surface area contributed by atoms with Crippen LogP contribution in [0.15, 0.2) is 48.5 Å². The van der Waals surface area contributed by atoms with Gasteiger partial charge in [0.15, 0.2) is 0 Å². The number of hydrogen-bond donors (Lipinski definition) is 5. The number of carbonyl (C=O) groups is 4. The van der Waals surface area contributed by atoms with Gasteiger partial charge in [0.1, 0.15) is 11.6 Å². The Morgan fingerprint density at radius 2 is 1.77 bits per heavy atom. The summed E-state index contributed by atoms with van der Waals surface area (Å²) in [6.45, 7) is 7.75. The lowest BCUT2D eigenvalue weighted by Gasteiger charge is -2.23. The molecule has 0 aliphatic carbocycles. The maximum absolute atomic E-state index is 13.0. The van der Waals surface area contributed by atoms with Gasteiger partial charge in [-0.3, -0.25) is 9.59 Å². The molecule has 3 amide bonds. The summed E-state index contributed by atoms with van der Waals surface area (Å²) in [6, 6.07) is 10.7. The Morgan fingerprint density at radius 1 is 1.05 bits per heavy atom. The lowest BCUT2D eigenvalue weighted by molar-refractivity contribution is -0.123. The zero-order valence-corrected chi connectivity index (χ0v) is 22.9. The average molecular weight is 539 g/mol. The Bertz CT molecular complexity index is 1200. The lowest BCUT2D eigenvalue weighted by atomic mass is 10.0. The van der Waals surface area contributed by atoms with E-state index in [1.165, 1.54) is 18.2 Å². The minimum Gasteiger partial charge on any atom is -0.478 e. The first kappa shape index (κ1) is 30.9. The van der Waals surface area contributed by atoms with Gasteiger partial charge in [-0.15, -0.1) is 0 Å². The molecule has 0 aromatic heterocycles. The molecule has 10 heteroatoms. The largest absolute Gasteiger partial charge is 0.478 e. The van der Waals surface area contributed by atoms with Crippen molar-refractivity contribution in [1.82, 2.24) is 10.6 Å². The topological polar surface area (TPSA) is 160 Å². The van der Waals surface area contributed by atoms with E-state index in [0.29, 0.717) is 29.0 Å². The molecule has 2 rings (SSSR count). The number of hydrogen-bond acceptors (Lipinski definition) is 6. The molecule has 0 spiro atoms. The van der Waals surface area contributed by atoms with Gasteiger partial charge in [0.2, 0.25) is 11.8 Å². The molecule has 0 aliphatic heterocycles. The fourth-order valence-electron chi connectivity index (χ4n) is 3.69. The van der Waals surface area contributed by atoms with Gasteiger partial charge in [0, 0.05) is 24.7 Å². The third kappa shape index (κ3) is 10.9. The SMILES string of the molecule is CCCCCNC(=O)C(Cc1ccc(Nc2ccccc2C(=O)O)c(C=CC(N)=O)c1)NC(=O)OC(C)(C)C. The smallest absolute Gasteiger partial charge is 0.408 e. The number of rotatable bonds is 13. The summed E-state index contributed by atoms with van der Waals surface area (Å²) in [6.07, 6.45) is 4.91. The summed E-state index contributed by atoms with van der Waals surface area (Å²) in [4.78, 5) is 48.6. The molecule has 1 unspecified atom stereocenters. The van der Waals surface area contributed by atoms with E-state index < -0.39 is 29.6 Å². The number of carboxylic acid groups (broad SMARTS) is 1. The van der Waals surface area contributed by atoms with E-state index in [4.69, 9.17) is 10.5 Å². The van der Waals surface area contributed by atoms with Crippen LogP contribution in [0.3, 0.4) is 0 Å². The number of amides is 3. The quantitative estimate of drug-likeness (QED) is 0.187. The monoisotopic (exact) mass is 538 g/mol. The van der Waals surface area contributed by atoms with Crippen molar-refractivity contribution in [2.24, 2.45) is 5.73 Å². The van der Waals surface area contributed by atoms with Crippen LogP contribution >= 0.6 is 0 Å². The van der Waals surface area contributed by atoms with E-state index in [9.17, 15) is 24.3 Å². The number of benzene rings is 2. The van der Waals surface area contributed by atoms with Gasteiger partial charge in [0.25, 0.3) is 0 Å². The number of para-hydroxylation sites is 1. The molecule has 0 heterocycles. The predicted molar refractivity (Wildman–Crippen MR) is 151 cm³/mol. The van der Waals surface area contributed by atoms with Gasteiger partial charge in [-0.1, -0.05) is 38.0 Å². The molecule has 2 aromatic rings. The molecule has 0 bridgehead atoms. The van der Waals surface area contributed by atoms with Crippen LogP contribution in [0, 0.1) is 0 Å². The van der Waals surface area contributed by atoms with Crippen molar-refractivity contribution in [3.05, 3.63) is 65.2 Å². The minimum atomic E-state index is -1.09. The van der Waals surface area contributed by atoms with Crippen molar-refractivity contribution in [3.63, 3.8) is 0 Å². The Hall–Kier alpha value is -4.34. The Morgan fingerprint density at radius 3 is 2.41 bits per heavy atom. The number of primary amides is 1. The Labute approximate surface area is 229 Å². The van der Waals surface area contributed by atoms with Gasteiger partial charge in [-0.05, 0) is 68.7 Å². The van der Waals surface area contributed by atoms with Crippen LogP contribution in [0.2, 0.25) is 0 Å². The zero-order chi connectivity index (χ0) is 29.0. The highest BCUT2D eigenvalue weighted by molar-refractivity contribution is 5.96. The van der Waals surface area contributed by atoms with Crippen LogP contribution in [-0.4, -0.2) is 47.2 Å². The normalized spacial score (nSPS) is 12.0. The fraction of sp³-hybridized carbons (Fsp3) is 0.379. The summed E-state index contributed by atoms with van der Waals surface area (Å²) in [7, 11) is 0.